The Morgan fingerprint density at radius 3 is 2.27 bits per heavy atom. The maximum absolute atomic E-state index is 9.48. The second-order valence-corrected chi connectivity index (χ2v) is 12.2. The molecule has 0 saturated carbocycles. The molecule has 0 aliphatic rings. The number of ether oxygens (including phenoxy) is 1. The minimum atomic E-state index is -1.68. The predicted octanol–water partition coefficient (Wildman–Crippen LogP) is 3.88. The van der Waals surface area contributed by atoms with Crippen molar-refractivity contribution in [3.8, 4) is 0 Å². The third kappa shape index (κ3) is 6.61. The Hall–Kier alpha value is -0.683. The number of hydrogen-bond acceptors (Lipinski definition) is 3. The van der Waals surface area contributed by atoms with E-state index in [2.05, 4.69) is 46.0 Å². The molecule has 1 aromatic rings. The summed E-state index contributed by atoms with van der Waals surface area (Å²) in [4.78, 5) is 0. The van der Waals surface area contributed by atoms with Gasteiger partial charge in [-0.15, -0.1) is 0 Å². The van der Waals surface area contributed by atoms with Crippen molar-refractivity contribution >= 4 is 8.32 Å². The van der Waals surface area contributed by atoms with Crippen LogP contribution in [-0.4, -0.2) is 39.9 Å². The Morgan fingerprint density at radius 1 is 1.09 bits per heavy atom. The smallest absolute Gasteiger partial charge is 0.192 e. The zero-order valence-corrected chi connectivity index (χ0v) is 15.8. The molecule has 0 fully saturated rings. The lowest BCUT2D eigenvalue weighted by Gasteiger charge is -2.36. The average molecular weight is 325 g/mol. The van der Waals surface area contributed by atoms with Crippen molar-refractivity contribution in [1.82, 2.24) is 0 Å². The molecule has 0 saturated heterocycles. The SMILES string of the molecule is CC(C)(C)[Si](C)(C)OCCOCC(CO)Cc1ccccc1. The monoisotopic (exact) mass is 324 g/mol. The van der Waals surface area contributed by atoms with E-state index >= 15 is 0 Å². The van der Waals surface area contributed by atoms with Crippen LogP contribution in [0.3, 0.4) is 0 Å². The summed E-state index contributed by atoms with van der Waals surface area (Å²) in [5.74, 6) is 0.148. The van der Waals surface area contributed by atoms with Gasteiger partial charge in [0, 0.05) is 12.5 Å². The molecule has 0 amide bonds. The van der Waals surface area contributed by atoms with Gasteiger partial charge in [0.15, 0.2) is 8.32 Å². The fourth-order valence-corrected chi connectivity index (χ4v) is 2.97. The van der Waals surface area contributed by atoms with Crippen LogP contribution in [0, 0.1) is 5.92 Å². The van der Waals surface area contributed by atoms with Crippen LogP contribution in [0.4, 0.5) is 0 Å². The summed E-state index contributed by atoms with van der Waals surface area (Å²) in [6.45, 7) is 13.2. The van der Waals surface area contributed by atoms with E-state index in [0.717, 1.165) is 6.42 Å². The summed E-state index contributed by atoms with van der Waals surface area (Å²) in [7, 11) is -1.68. The van der Waals surface area contributed by atoms with Crippen molar-refractivity contribution in [2.45, 2.75) is 45.3 Å². The first-order valence-electron chi connectivity index (χ1n) is 8.13. The molecule has 4 heteroatoms. The van der Waals surface area contributed by atoms with E-state index in [1.54, 1.807) is 0 Å². The molecular formula is C18H32O3Si. The molecule has 0 aliphatic carbocycles. The lowest BCUT2D eigenvalue weighted by Crippen LogP contribution is -2.41. The summed E-state index contributed by atoms with van der Waals surface area (Å²) in [6.07, 6.45) is 0.848. The molecule has 22 heavy (non-hydrogen) atoms. The van der Waals surface area contributed by atoms with Crippen molar-refractivity contribution in [2.24, 2.45) is 5.92 Å². The lowest BCUT2D eigenvalue weighted by molar-refractivity contribution is 0.0523. The largest absolute Gasteiger partial charge is 0.414 e. The Labute approximate surface area is 136 Å². The van der Waals surface area contributed by atoms with Gasteiger partial charge in [-0.25, -0.2) is 0 Å². The standard InChI is InChI=1S/C18H32O3Si/c1-18(2,3)22(4,5)21-12-11-20-15-17(14-19)13-16-9-7-6-8-10-16/h6-10,17,19H,11-15H2,1-5H3. The highest BCUT2D eigenvalue weighted by atomic mass is 28.4. The van der Waals surface area contributed by atoms with Crippen LogP contribution in [0.5, 0.6) is 0 Å². The molecule has 126 valence electrons. The van der Waals surface area contributed by atoms with Crippen molar-refractivity contribution in [3.05, 3.63) is 35.9 Å². The molecular weight excluding hydrogens is 292 g/mol. The Morgan fingerprint density at radius 2 is 1.73 bits per heavy atom. The molecule has 0 radical (unpaired) electrons. The number of aliphatic hydroxyl groups excluding tert-OH is 1. The summed E-state index contributed by atoms with van der Waals surface area (Å²) in [6, 6.07) is 10.2. The Balaban J connectivity index is 2.25. The van der Waals surface area contributed by atoms with Gasteiger partial charge in [0.1, 0.15) is 0 Å². The molecule has 1 atom stereocenters. The van der Waals surface area contributed by atoms with Gasteiger partial charge in [-0.3, -0.25) is 0 Å². The van der Waals surface area contributed by atoms with Gasteiger partial charge < -0.3 is 14.3 Å². The molecule has 0 bridgehead atoms. The van der Waals surface area contributed by atoms with Gasteiger partial charge in [0.05, 0.1) is 19.8 Å². The maximum atomic E-state index is 9.48. The molecule has 1 rings (SSSR count). The van der Waals surface area contributed by atoms with E-state index in [0.29, 0.717) is 19.8 Å². The highest BCUT2D eigenvalue weighted by molar-refractivity contribution is 6.74. The summed E-state index contributed by atoms with van der Waals surface area (Å²) in [5, 5.41) is 9.71. The van der Waals surface area contributed by atoms with Crippen molar-refractivity contribution in [1.29, 1.82) is 0 Å². The van der Waals surface area contributed by atoms with Crippen LogP contribution in [0.15, 0.2) is 30.3 Å². The predicted molar refractivity (Wildman–Crippen MR) is 94.7 cm³/mol. The normalized spacial score (nSPS) is 14.1. The quantitative estimate of drug-likeness (QED) is 0.553. The summed E-state index contributed by atoms with van der Waals surface area (Å²) >= 11 is 0. The van der Waals surface area contributed by atoms with Crippen LogP contribution in [0.2, 0.25) is 18.1 Å². The number of rotatable bonds is 9. The molecule has 0 heterocycles. The van der Waals surface area contributed by atoms with E-state index in [4.69, 9.17) is 9.16 Å². The first kappa shape index (κ1) is 19.4. The van der Waals surface area contributed by atoms with Crippen molar-refractivity contribution < 1.29 is 14.3 Å². The Bertz CT molecular complexity index is 412. The van der Waals surface area contributed by atoms with E-state index in [9.17, 15) is 5.11 Å². The van der Waals surface area contributed by atoms with Crippen LogP contribution in [-0.2, 0) is 15.6 Å². The van der Waals surface area contributed by atoms with Gasteiger partial charge in [-0.1, -0.05) is 51.1 Å². The molecule has 1 aromatic carbocycles. The molecule has 0 aromatic heterocycles. The topological polar surface area (TPSA) is 38.7 Å². The van der Waals surface area contributed by atoms with Crippen LogP contribution in [0.1, 0.15) is 26.3 Å². The second-order valence-electron chi connectivity index (χ2n) is 7.42. The van der Waals surface area contributed by atoms with Crippen LogP contribution in [0.25, 0.3) is 0 Å². The molecule has 0 spiro atoms. The fraction of sp³-hybridized carbons (Fsp3) is 0.667. The van der Waals surface area contributed by atoms with Crippen LogP contribution >= 0.6 is 0 Å². The van der Waals surface area contributed by atoms with E-state index < -0.39 is 8.32 Å². The lowest BCUT2D eigenvalue weighted by atomic mass is 10.0. The highest BCUT2D eigenvalue weighted by Gasteiger charge is 2.36. The maximum Gasteiger partial charge on any atom is 0.192 e. The molecule has 1 unspecified atom stereocenters. The second kappa shape index (κ2) is 8.82. The number of aliphatic hydroxyl groups is 1. The van der Waals surface area contributed by atoms with Gasteiger partial charge in [-0.05, 0) is 30.1 Å². The third-order valence-corrected chi connectivity index (χ3v) is 9.01. The highest BCUT2D eigenvalue weighted by Crippen LogP contribution is 2.36. The van der Waals surface area contributed by atoms with E-state index in [-0.39, 0.29) is 17.6 Å². The zero-order chi connectivity index (χ0) is 16.6. The number of hydrogen-bond donors (Lipinski definition) is 1. The van der Waals surface area contributed by atoms with Gasteiger partial charge in [-0.2, -0.15) is 0 Å². The first-order chi connectivity index (χ1) is 10.3. The van der Waals surface area contributed by atoms with Gasteiger partial charge in [0.25, 0.3) is 0 Å². The van der Waals surface area contributed by atoms with Gasteiger partial charge >= 0.3 is 0 Å². The van der Waals surface area contributed by atoms with E-state index in [1.165, 1.54) is 5.56 Å². The molecule has 3 nitrogen and oxygen atoms in total. The van der Waals surface area contributed by atoms with Crippen molar-refractivity contribution in [3.63, 3.8) is 0 Å². The Kier molecular flexibility index (Phi) is 7.76. The summed E-state index contributed by atoms with van der Waals surface area (Å²) in [5.41, 5.74) is 1.24. The van der Waals surface area contributed by atoms with Crippen LogP contribution < -0.4 is 0 Å². The summed E-state index contributed by atoms with van der Waals surface area (Å²) < 4.78 is 11.8. The third-order valence-electron chi connectivity index (χ3n) is 4.48. The first-order valence-corrected chi connectivity index (χ1v) is 11.0. The van der Waals surface area contributed by atoms with Gasteiger partial charge in [0.2, 0.25) is 0 Å². The average Bonchev–Trinajstić information content (AvgIpc) is 2.45. The molecule has 0 aliphatic heterocycles. The van der Waals surface area contributed by atoms with Crippen molar-refractivity contribution in [2.75, 3.05) is 26.4 Å². The minimum absolute atomic E-state index is 0.148. The zero-order valence-electron chi connectivity index (χ0n) is 14.8. The fourth-order valence-electron chi connectivity index (χ4n) is 1.95. The van der Waals surface area contributed by atoms with E-state index in [1.807, 2.05) is 18.2 Å². The molecule has 1 N–H and O–H groups in total. The number of benzene rings is 1. The minimum Gasteiger partial charge on any atom is -0.414 e.